The number of aromatic nitrogens is 2. The number of ether oxygens (including phenoxy) is 1. The number of carbonyl (C=O) groups is 1. The van der Waals surface area contributed by atoms with Gasteiger partial charge in [0.15, 0.2) is 0 Å². The second kappa shape index (κ2) is 9.38. The van der Waals surface area contributed by atoms with Crippen LogP contribution in [0.4, 0.5) is 5.82 Å². The second-order valence-electron chi connectivity index (χ2n) is 5.06. The van der Waals surface area contributed by atoms with Crippen molar-refractivity contribution < 1.29 is 14.6 Å². The largest absolute Gasteiger partial charge is 0.490 e. The van der Waals surface area contributed by atoms with Crippen molar-refractivity contribution in [3.63, 3.8) is 0 Å². The Balaban J connectivity index is 2.53. The van der Waals surface area contributed by atoms with Crippen LogP contribution >= 0.6 is 11.8 Å². The number of aliphatic hydroxyl groups excluding tert-OH is 1. The summed E-state index contributed by atoms with van der Waals surface area (Å²) >= 11 is 1.05. The third-order valence-corrected chi connectivity index (χ3v) is 4.36. The molecule has 2 heterocycles. The molecule has 0 atom stereocenters. The molecule has 0 spiro atoms. The van der Waals surface area contributed by atoms with E-state index in [2.05, 4.69) is 15.3 Å². The standard InChI is InChI=1S/C17H16N6O3S/c1-21-14(25)9-27-17-12(7-19)15(11(6-18)16(20)23-17)13-3-2-10(8-22-13)26-5-4-24/h2-3,8,24H,4-5,9H2,1H3,(H2,20,23)(H,21,25). The highest BCUT2D eigenvalue weighted by Gasteiger charge is 2.22. The highest BCUT2D eigenvalue weighted by atomic mass is 32.2. The van der Waals surface area contributed by atoms with Crippen molar-refractivity contribution in [2.24, 2.45) is 0 Å². The van der Waals surface area contributed by atoms with Gasteiger partial charge >= 0.3 is 0 Å². The van der Waals surface area contributed by atoms with Gasteiger partial charge in [0.25, 0.3) is 0 Å². The lowest BCUT2D eigenvalue weighted by atomic mass is 10.0. The first-order valence-electron chi connectivity index (χ1n) is 7.72. The van der Waals surface area contributed by atoms with Gasteiger partial charge in [0.2, 0.25) is 5.91 Å². The number of nitrogens with two attached hydrogens (primary N) is 1. The molecule has 0 aromatic carbocycles. The van der Waals surface area contributed by atoms with Crippen molar-refractivity contribution >= 4 is 23.5 Å². The van der Waals surface area contributed by atoms with E-state index in [0.29, 0.717) is 11.4 Å². The summed E-state index contributed by atoms with van der Waals surface area (Å²) in [6, 6.07) is 7.17. The SMILES string of the molecule is CNC(=O)CSc1nc(N)c(C#N)c(-c2ccc(OCCO)cn2)c1C#N. The molecular formula is C17H16N6O3S. The van der Waals surface area contributed by atoms with Crippen LogP contribution in [0.5, 0.6) is 5.75 Å². The molecule has 0 saturated heterocycles. The summed E-state index contributed by atoms with van der Waals surface area (Å²) in [5.41, 5.74) is 6.64. The molecule has 0 fully saturated rings. The third kappa shape index (κ3) is 4.64. The van der Waals surface area contributed by atoms with E-state index in [1.54, 1.807) is 12.1 Å². The van der Waals surface area contributed by atoms with Crippen LogP contribution in [0.3, 0.4) is 0 Å². The molecule has 0 radical (unpaired) electrons. The maximum absolute atomic E-state index is 11.5. The number of pyridine rings is 2. The van der Waals surface area contributed by atoms with Crippen molar-refractivity contribution in [3.05, 3.63) is 29.5 Å². The molecule has 0 bridgehead atoms. The smallest absolute Gasteiger partial charge is 0.230 e. The molecule has 0 aliphatic carbocycles. The van der Waals surface area contributed by atoms with Crippen LogP contribution < -0.4 is 15.8 Å². The molecule has 27 heavy (non-hydrogen) atoms. The Hall–Kier alpha value is -3.34. The van der Waals surface area contributed by atoms with Gasteiger partial charge in [-0.3, -0.25) is 9.78 Å². The van der Waals surface area contributed by atoms with E-state index in [1.165, 1.54) is 13.2 Å². The Morgan fingerprint density at radius 1 is 1.37 bits per heavy atom. The lowest BCUT2D eigenvalue weighted by Crippen LogP contribution is -2.20. The summed E-state index contributed by atoms with van der Waals surface area (Å²) in [6.45, 7) is -0.0118. The first-order valence-corrected chi connectivity index (χ1v) is 8.71. The Morgan fingerprint density at radius 2 is 2.11 bits per heavy atom. The molecule has 0 aliphatic heterocycles. The Bertz CT molecular complexity index is 918. The van der Waals surface area contributed by atoms with Crippen LogP contribution in [-0.2, 0) is 4.79 Å². The van der Waals surface area contributed by atoms with Crippen LogP contribution in [-0.4, -0.2) is 47.0 Å². The van der Waals surface area contributed by atoms with Gasteiger partial charge in [0.05, 0.1) is 29.8 Å². The molecule has 1 amide bonds. The monoisotopic (exact) mass is 384 g/mol. The normalized spacial score (nSPS) is 9.93. The molecule has 2 aromatic rings. The zero-order valence-electron chi connectivity index (χ0n) is 14.4. The number of amides is 1. The maximum atomic E-state index is 11.5. The second-order valence-corrected chi connectivity index (χ2v) is 6.03. The van der Waals surface area contributed by atoms with Crippen LogP contribution in [0.2, 0.25) is 0 Å². The maximum Gasteiger partial charge on any atom is 0.230 e. The number of nitrogens with zero attached hydrogens (tertiary/aromatic N) is 4. The van der Waals surface area contributed by atoms with Gasteiger partial charge in [-0.2, -0.15) is 10.5 Å². The number of carbonyl (C=O) groups excluding carboxylic acids is 1. The number of nitrogen functional groups attached to an aromatic ring is 1. The van der Waals surface area contributed by atoms with Gasteiger partial charge in [0, 0.05) is 12.6 Å². The molecule has 10 heteroatoms. The number of aliphatic hydroxyl groups is 1. The topological polar surface area (TPSA) is 158 Å². The molecule has 0 unspecified atom stereocenters. The lowest BCUT2D eigenvalue weighted by molar-refractivity contribution is -0.118. The van der Waals surface area contributed by atoms with Crippen LogP contribution in [0.25, 0.3) is 11.3 Å². The first-order chi connectivity index (χ1) is 13.0. The van der Waals surface area contributed by atoms with Crippen molar-refractivity contribution in [1.82, 2.24) is 15.3 Å². The minimum atomic E-state index is -0.237. The molecule has 9 nitrogen and oxygen atoms in total. The number of rotatable bonds is 7. The Morgan fingerprint density at radius 3 is 2.67 bits per heavy atom. The molecular weight excluding hydrogens is 368 g/mol. The fraction of sp³-hybridized carbons (Fsp3) is 0.235. The fourth-order valence-electron chi connectivity index (χ4n) is 2.14. The van der Waals surface area contributed by atoms with Gasteiger partial charge in [-0.1, -0.05) is 11.8 Å². The summed E-state index contributed by atoms with van der Waals surface area (Å²) in [7, 11) is 1.50. The Kier molecular flexibility index (Phi) is 6.94. The summed E-state index contributed by atoms with van der Waals surface area (Å²) < 4.78 is 5.26. The van der Waals surface area contributed by atoms with E-state index in [-0.39, 0.29) is 52.4 Å². The van der Waals surface area contributed by atoms with Gasteiger partial charge in [-0.05, 0) is 12.1 Å². The third-order valence-electron chi connectivity index (χ3n) is 3.39. The fourth-order valence-corrected chi connectivity index (χ4v) is 3.01. The number of thioether (sulfide) groups is 1. The zero-order chi connectivity index (χ0) is 19.8. The van der Waals surface area contributed by atoms with Gasteiger partial charge in [0.1, 0.15) is 40.9 Å². The lowest BCUT2D eigenvalue weighted by Gasteiger charge is -2.12. The minimum Gasteiger partial charge on any atom is -0.490 e. The average molecular weight is 384 g/mol. The first kappa shape index (κ1) is 20.0. The van der Waals surface area contributed by atoms with E-state index < -0.39 is 0 Å². The van der Waals surface area contributed by atoms with Crippen molar-refractivity contribution in [2.45, 2.75) is 5.03 Å². The van der Waals surface area contributed by atoms with E-state index in [0.717, 1.165) is 11.8 Å². The van der Waals surface area contributed by atoms with Crippen LogP contribution in [0.15, 0.2) is 23.4 Å². The molecule has 2 rings (SSSR count). The average Bonchev–Trinajstić information content (AvgIpc) is 2.70. The molecule has 0 saturated carbocycles. The highest BCUT2D eigenvalue weighted by Crippen LogP contribution is 2.35. The van der Waals surface area contributed by atoms with Gasteiger partial charge < -0.3 is 20.9 Å². The minimum absolute atomic E-state index is 0.0346. The number of hydrogen-bond acceptors (Lipinski definition) is 9. The molecule has 2 aromatic heterocycles. The van der Waals surface area contributed by atoms with E-state index >= 15 is 0 Å². The molecule has 4 N–H and O–H groups in total. The van der Waals surface area contributed by atoms with E-state index in [4.69, 9.17) is 15.6 Å². The predicted molar refractivity (Wildman–Crippen MR) is 98.7 cm³/mol. The van der Waals surface area contributed by atoms with Crippen LogP contribution in [0.1, 0.15) is 11.1 Å². The summed E-state index contributed by atoms with van der Waals surface area (Å²) in [5, 5.41) is 30.6. The van der Waals surface area contributed by atoms with Crippen molar-refractivity contribution in [2.75, 3.05) is 31.7 Å². The van der Waals surface area contributed by atoms with Crippen molar-refractivity contribution in [3.8, 4) is 29.1 Å². The number of anilines is 1. The van der Waals surface area contributed by atoms with E-state index in [9.17, 15) is 15.3 Å². The summed E-state index contributed by atoms with van der Waals surface area (Å²) in [6.07, 6.45) is 1.42. The highest BCUT2D eigenvalue weighted by molar-refractivity contribution is 8.00. The zero-order valence-corrected chi connectivity index (χ0v) is 15.2. The quantitative estimate of drug-likeness (QED) is 0.583. The molecule has 0 aliphatic rings. The Labute approximate surface area is 159 Å². The predicted octanol–water partition coefficient (Wildman–Crippen LogP) is 0.678. The molecule has 138 valence electrons. The van der Waals surface area contributed by atoms with E-state index in [1.807, 2.05) is 12.1 Å². The van der Waals surface area contributed by atoms with Gasteiger partial charge in [-0.15, -0.1) is 0 Å². The summed E-state index contributed by atoms with van der Waals surface area (Å²) in [4.78, 5) is 19.8. The van der Waals surface area contributed by atoms with Crippen LogP contribution in [0, 0.1) is 22.7 Å². The number of nitrogens with one attached hydrogen (secondary N) is 1. The summed E-state index contributed by atoms with van der Waals surface area (Å²) in [5.74, 6) is 0.192. The van der Waals surface area contributed by atoms with Gasteiger partial charge in [-0.25, -0.2) is 4.98 Å². The number of hydrogen-bond donors (Lipinski definition) is 3. The van der Waals surface area contributed by atoms with Crippen molar-refractivity contribution in [1.29, 1.82) is 10.5 Å². The number of nitriles is 2.